The Kier molecular flexibility index (Phi) is 7.27. The molecule has 1 atom stereocenters. The molecule has 4 rings (SSSR count). The van der Waals surface area contributed by atoms with Gasteiger partial charge in [-0.15, -0.1) is 0 Å². The first-order valence-electron chi connectivity index (χ1n) is 11.8. The zero-order valence-electron chi connectivity index (χ0n) is 19.2. The Bertz CT molecular complexity index is 991. The summed E-state index contributed by atoms with van der Waals surface area (Å²) in [6, 6.07) is 8.16. The molecular formula is C26H32F2N2O3. The summed E-state index contributed by atoms with van der Waals surface area (Å²) in [5, 5.41) is 9.32. The van der Waals surface area contributed by atoms with Gasteiger partial charge in [-0.3, -0.25) is 14.7 Å². The van der Waals surface area contributed by atoms with E-state index in [-0.39, 0.29) is 25.3 Å². The van der Waals surface area contributed by atoms with Gasteiger partial charge in [-0.2, -0.15) is 0 Å². The molecular weight excluding hydrogens is 426 g/mol. The summed E-state index contributed by atoms with van der Waals surface area (Å²) in [5.74, 6) is -1.44. The maximum Gasteiger partial charge on any atom is 0.305 e. The number of halogens is 2. The van der Waals surface area contributed by atoms with Gasteiger partial charge in [0.05, 0.1) is 13.5 Å². The topological polar surface area (TPSA) is 62.7 Å². The van der Waals surface area contributed by atoms with Crippen molar-refractivity contribution in [3.63, 3.8) is 0 Å². The van der Waals surface area contributed by atoms with Crippen LogP contribution in [0.15, 0.2) is 30.3 Å². The first-order chi connectivity index (χ1) is 15.9. The number of aliphatic carboxylic acids is 1. The summed E-state index contributed by atoms with van der Waals surface area (Å²) in [7, 11) is 1.38. The van der Waals surface area contributed by atoms with Crippen LogP contribution in [0.3, 0.4) is 0 Å². The van der Waals surface area contributed by atoms with E-state index in [2.05, 4.69) is 12.1 Å². The Hall–Kier alpha value is -2.54. The molecule has 0 unspecified atom stereocenters. The molecule has 0 radical (unpaired) electrons. The van der Waals surface area contributed by atoms with E-state index in [1.807, 2.05) is 0 Å². The Morgan fingerprint density at radius 2 is 2.00 bits per heavy atom. The van der Waals surface area contributed by atoms with Gasteiger partial charge in [0.15, 0.2) is 11.6 Å². The van der Waals surface area contributed by atoms with Crippen LogP contribution in [-0.4, -0.2) is 46.8 Å². The van der Waals surface area contributed by atoms with Crippen molar-refractivity contribution < 1.29 is 23.4 Å². The maximum atomic E-state index is 15.2. The molecule has 1 aliphatic heterocycles. The molecule has 0 bridgehead atoms. The minimum Gasteiger partial charge on any atom is -0.494 e. The number of rotatable bonds is 10. The van der Waals surface area contributed by atoms with Crippen molar-refractivity contribution in [1.29, 1.82) is 0 Å². The highest BCUT2D eigenvalue weighted by atomic mass is 19.1. The number of likely N-dealkylation sites (tertiary alicyclic amines) is 1. The normalized spacial score (nSPS) is 18.3. The molecule has 1 aromatic carbocycles. The Labute approximate surface area is 193 Å². The first-order valence-corrected chi connectivity index (χ1v) is 11.8. The van der Waals surface area contributed by atoms with Crippen LogP contribution in [0.25, 0.3) is 0 Å². The standard InChI is InChI=1S/C26H32F2N2O3/c1-33-24-12-10-19(14-21(24)27)23(15-25(31)32)30-16-26(28,17-30)13-5-4-7-20-11-9-18-6-2-3-8-22(18)29-20/h9-12,14,23H,2-8,13,15-17H2,1H3,(H,31,32)/t23-/m0/s1. The second kappa shape index (κ2) is 10.2. The second-order valence-corrected chi connectivity index (χ2v) is 9.39. The van der Waals surface area contributed by atoms with E-state index in [1.165, 1.54) is 43.3 Å². The van der Waals surface area contributed by atoms with Crippen molar-refractivity contribution >= 4 is 5.97 Å². The highest BCUT2D eigenvalue weighted by Crippen LogP contribution is 2.39. The van der Waals surface area contributed by atoms with E-state index in [4.69, 9.17) is 9.72 Å². The lowest BCUT2D eigenvalue weighted by atomic mass is 9.86. The number of carboxylic acids is 1. The number of nitrogens with zero attached hydrogens (tertiary/aromatic N) is 2. The molecule has 0 amide bonds. The number of benzene rings is 1. The highest BCUT2D eigenvalue weighted by molar-refractivity contribution is 5.68. The maximum absolute atomic E-state index is 15.2. The van der Waals surface area contributed by atoms with Crippen LogP contribution in [0.4, 0.5) is 8.78 Å². The van der Waals surface area contributed by atoms with Gasteiger partial charge in [0, 0.05) is 30.5 Å². The molecule has 0 saturated carbocycles. The van der Waals surface area contributed by atoms with Gasteiger partial charge >= 0.3 is 5.97 Å². The van der Waals surface area contributed by atoms with Gasteiger partial charge in [-0.1, -0.05) is 12.1 Å². The van der Waals surface area contributed by atoms with Gasteiger partial charge in [0.1, 0.15) is 5.67 Å². The minimum absolute atomic E-state index is 0.102. The number of hydrogen-bond acceptors (Lipinski definition) is 4. The number of methoxy groups -OCH3 is 1. The molecule has 0 spiro atoms. The van der Waals surface area contributed by atoms with Gasteiger partial charge in [0.25, 0.3) is 0 Å². The number of carbonyl (C=O) groups is 1. The van der Waals surface area contributed by atoms with Crippen molar-refractivity contribution in [2.75, 3.05) is 20.2 Å². The molecule has 5 nitrogen and oxygen atoms in total. The van der Waals surface area contributed by atoms with Crippen molar-refractivity contribution in [1.82, 2.24) is 9.88 Å². The van der Waals surface area contributed by atoms with E-state index < -0.39 is 23.5 Å². The number of pyridine rings is 1. The second-order valence-electron chi connectivity index (χ2n) is 9.39. The third kappa shape index (κ3) is 5.69. The molecule has 1 N–H and O–H groups in total. The van der Waals surface area contributed by atoms with Crippen LogP contribution >= 0.6 is 0 Å². The average Bonchev–Trinajstić information content (AvgIpc) is 2.78. The quantitative estimate of drug-likeness (QED) is 0.504. The molecule has 2 aliphatic rings. The van der Waals surface area contributed by atoms with Gasteiger partial charge < -0.3 is 9.84 Å². The summed E-state index contributed by atoms with van der Waals surface area (Å²) in [4.78, 5) is 18.0. The average molecular weight is 459 g/mol. The third-order valence-electron chi connectivity index (χ3n) is 6.89. The fourth-order valence-electron chi connectivity index (χ4n) is 5.09. The number of carboxylic acid groups (broad SMARTS) is 1. The number of aryl methyl sites for hydroxylation is 3. The molecule has 178 valence electrons. The summed E-state index contributed by atoms with van der Waals surface area (Å²) in [6.45, 7) is 0.325. The van der Waals surface area contributed by atoms with Crippen LogP contribution in [0.5, 0.6) is 5.75 Å². The fourth-order valence-corrected chi connectivity index (χ4v) is 5.09. The van der Waals surface area contributed by atoms with Crippen molar-refractivity contribution in [3.05, 3.63) is 58.7 Å². The smallest absolute Gasteiger partial charge is 0.305 e. The summed E-state index contributed by atoms with van der Waals surface area (Å²) >= 11 is 0. The summed E-state index contributed by atoms with van der Waals surface area (Å²) in [5.41, 5.74) is 2.88. The number of fused-ring (bicyclic) bond motifs is 1. The third-order valence-corrected chi connectivity index (χ3v) is 6.89. The van der Waals surface area contributed by atoms with Gasteiger partial charge in [-0.25, -0.2) is 8.78 Å². The van der Waals surface area contributed by atoms with E-state index in [1.54, 1.807) is 11.0 Å². The molecule has 1 fully saturated rings. The molecule has 2 heterocycles. The number of hydrogen-bond donors (Lipinski definition) is 1. The molecule has 2 aromatic rings. The molecule has 33 heavy (non-hydrogen) atoms. The SMILES string of the molecule is COc1ccc([C@H](CC(=O)O)N2CC(F)(CCCCc3ccc4c(n3)CCCC4)C2)cc1F. The lowest BCUT2D eigenvalue weighted by Gasteiger charge is -2.48. The van der Waals surface area contributed by atoms with Gasteiger partial charge in [-0.05, 0) is 80.7 Å². The largest absolute Gasteiger partial charge is 0.494 e. The molecule has 1 aliphatic carbocycles. The zero-order chi connectivity index (χ0) is 23.4. The summed E-state index contributed by atoms with van der Waals surface area (Å²) in [6.07, 6.45) is 7.33. The van der Waals surface area contributed by atoms with Crippen molar-refractivity contribution in [3.8, 4) is 5.75 Å². The van der Waals surface area contributed by atoms with Crippen molar-refractivity contribution in [2.24, 2.45) is 0 Å². The van der Waals surface area contributed by atoms with E-state index in [0.717, 1.165) is 37.8 Å². The van der Waals surface area contributed by atoms with E-state index in [0.29, 0.717) is 12.0 Å². The Morgan fingerprint density at radius 1 is 1.21 bits per heavy atom. The lowest BCUT2D eigenvalue weighted by Crippen LogP contribution is -2.60. The monoisotopic (exact) mass is 458 g/mol. The van der Waals surface area contributed by atoms with Crippen LogP contribution < -0.4 is 4.74 Å². The predicted octanol–water partition coefficient (Wildman–Crippen LogP) is 5.06. The van der Waals surface area contributed by atoms with Crippen LogP contribution in [0, 0.1) is 5.82 Å². The number of unbranched alkanes of at least 4 members (excludes halogenated alkanes) is 1. The zero-order valence-corrected chi connectivity index (χ0v) is 19.2. The van der Waals surface area contributed by atoms with Crippen LogP contribution in [-0.2, 0) is 24.1 Å². The van der Waals surface area contributed by atoms with Crippen molar-refractivity contribution in [2.45, 2.75) is 69.5 Å². The highest BCUT2D eigenvalue weighted by Gasteiger charge is 2.46. The molecule has 7 heteroatoms. The van der Waals surface area contributed by atoms with Gasteiger partial charge in [0.2, 0.25) is 0 Å². The fraction of sp³-hybridized carbons (Fsp3) is 0.538. The van der Waals surface area contributed by atoms with E-state index in [9.17, 15) is 14.3 Å². The number of alkyl halides is 1. The van der Waals surface area contributed by atoms with Crippen LogP contribution in [0.1, 0.15) is 67.1 Å². The number of ether oxygens (including phenoxy) is 1. The molecule has 1 saturated heterocycles. The number of aromatic nitrogens is 1. The minimum atomic E-state index is -1.33. The van der Waals surface area contributed by atoms with Crippen LogP contribution in [0.2, 0.25) is 0 Å². The molecule has 1 aromatic heterocycles. The summed E-state index contributed by atoms with van der Waals surface area (Å²) < 4.78 is 34.3. The lowest BCUT2D eigenvalue weighted by molar-refractivity contribution is -0.141. The predicted molar refractivity (Wildman–Crippen MR) is 122 cm³/mol. The van der Waals surface area contributed by atoms with E-state index >= 15 is 4.39 Å². The first kappa shape index (κ1) is 23.6. The Balaban J connectivity index is 1.28. The Morgan fingerprint density at radius 3 is 2.73 bits per heavy atom.